The fourth-order valence-corrected chi connectivity index (χ4v) is 3.83. The first-order valence-corrected chi connectivity index (χ1v) is 9.90. The summed E-state index contributed by atoms with van der Waals surface area (Å²) in [7, 11) is 0. The van der Waals surface area contributed by atoms with Crippen LogP contribution in [-0.4, -0.2) is 23.5 Å². The van der Waals surface area contributed by atoms with Crippen LogP contribution in [0.3, 0.4) is 0 Å². The number of thiazole rings is 1. The molecule has 1 aliphatic rings. The molecule has 28 heavy (non-hydrogen) atoms. The van der Waals surface area contributed by atoms with Gasteiger partial charge in [0.25, 0.3) is 0 Å². The number of amides is 1. The quantitative estimate of drug-likeness (QED) is 0.694. The fourth-order valence-electron chi connectivity index (χ4n) is 3.29. The number of aryl methyl sites for hydroxylation is 1. The van der Waals surface area contributed by atoms with E-state index in [-0.39, 0.29) is 24.2 Å². The monoisotopic (exact) mass is 397 g/mol. The molecule has 0 saturated carbocycles. The van der Waals surface area contributed by atoms with E-state index in [1.807, 2.05) is 30.5 Å². The smallest absolute Gasteiger partial charge is 0.228 e. The molecule has 1 atom stereocenters. The fraction of sp³-hybridized carbons (Fsp3) is 0.238. The van der Waals surface area contributed by atoms with Crippen LogP contribution in [0.2, 0.25) is 0 Å². The Kier molecular flexibility index (Phi) is 5.25. The van der Waals surface area contributed by atoms with Gasteiger partial charge in [-0.15, -0.1) is 11.3 Å². The maximum atomic E-state index is 13.3. The topological polar surface area (TPSA) is 54.5 Å². The Bertz CT molecular complexity index is 960. The van der Waals surface area contributed by atoms with Crippen molar-refractivity contribution in [1.29, 1.82) is 0 Å². The molecule has 7 heteroatoms. The summed E-state index contributed by atoms with van der Waals surface area (Å²) >= 11 is 1.38. The molecule has 0 unspecified atom stereocenters. The van der Waals surface area contributed by atoms with E-state index in [4.69, 9.17) is 4.74 Å². The Balaban J connectivity index is 1.57. The number of halogens is 1. The molecule has 0 bridgehead atoms. The van der Waals surface area contributed by atoms with Crippen LogP contribution in [0, 0.1) is 12.7 Å². The van der Waals surface area contributed by atoms with Crippen molar-refractivity contribution in [3.63, 3.8) is 0 Å². The molecule has 0 radical (unpaired) electrons. The van der Waals surface area contributed by atoms with Gasteiger partial charge < -0.3 is 15.0 Å². The minimum absolute atomic E-state index is 0.108. The molecule has 1 aromatic heterocycles. The van der Waals surface area contributed by atoms with Crippen molar-refractivity contribution in [1.82, 2.24) is 4.98 Å². The summed E-state index contributed by atoms with van der Waals surface area (Å²) < 4.78 is 19.2. The number of rotatable bonds is 5. The highest BCUT2D eigenvalue weighted by atomic mass is 32.1. The van der Waals surface area contributed by atoms with Crippen molar-refractivity contribution in [3.8, 4) is 5.75 Å². The maximum absolute atomic E-state index is 13.3. The molecule has 1 aliphatic heterocycles. The van der Waals surface area contributed by atoms with Crippen LogP contribution in [0.1, 0.15) is 17.5 Å². The number of nitrogens with one attached hydrogen (secondary N) is 1. The molecule has 0 aliphatic carbocycles. The first kappa shape index (κ1) is 18.4. The average Bonchev–Trinajstić information content (AvgIpc) is 3.18. The van der Waals surface area contributed by atoms with Crippen molar-refractivity contribution >= 4 is 28.1 Å². The minimum Gasteiger partial charge on any atom is -0.489 e. The molecule has 1 N–H and O–H groups in total. The molecular weight excluding hydrogens is 377 g/mol. The molecule has 2 aromatic carbocycles. The van der Waals surface area contributed by atoms with Crippen molar-refractivity contribution in [2.75, 3.05) is 16.8 Å². The van der Waals surface area contributed by atoms with Gasteiger partial charge in [0, 0.05) is 18.1 Å². The molecular formula is C21H20FN3O2S. The summed E-state index contributed by atoms with van der Waals surface area (Å²) in [6, 6.07) is 12.3. The van der Waals surface area contributed by atoms with E-state index in [9.17, 15) is 9.18 Å². The van der Waals surface area contributed by atoms with Gasteiger partial charge in [-0.05, 0) is 42.3 Å². The van der Waals surface area contributed by atoms with Crippen molar-refractivity contribution in [2.24, 2.45) is 0 Å². The summed E-state index contributed by atoms with van der Waals surface area (Å²) in [4.78, 5) is 18.8. The lowest BCUT2D eigenvalue weighted by Crippen LogP contribution is -2.44. The summed E-state index contributed by atoms with van der Waals surface area (Å²) in [5, 5.41) is 5.24. The van der Waals surface area contributed by atoms with Gasteiger partial charge in [-0.1, -0.05) is 18.2 Å². The van der Waals surface area contributed by atoms with Gasteiger partial charge in [0.1, 0.15) is 18.2 Å². The number of anilines is 2. The number of carbonyl (C=O) groups is 1. The number of aromatic nitrogens is 1. The number of fused-ring (bicyclic) bond motifs is 1. The molecule has 0 fully saturated rings. The van der Waals surface area contributed by atoms with Crippen LogP contribution in [0.25, 0.3) is 0 Å². The largest absolute Gasteiger partial charge is 0.489 e. The van der Waals surface area contributed by atoms with Crippen LogP contribution in [0.4, 0.5) is 15.2 Å². The highest BCUT2D eigenvalue weighted by Crippen LogP contribution is 2.36. The summed E-state index contributed by atoms with van der Waals surface area (Å²) in [5.41, 5.74) is 3.02. The van der Waals surface area contributed by atoms with E-state index < -0.39 is 0 Å². The minimum atomic E-state index is -0.263. The average molecular weight is 397 g/mol. The van der Waals surface area contributed by atoms with Crippen LogP contribution >= 0.6 is 11.3 Å². The van der Waals surface area contributed by atoms with Crippen molar-refractivity contribution < 1.29 is 13.9 Å². The Morgan fingerprint density at radius 2 is 2.14 bits per heavy atom. The Morgan fingerprint density at radius 1 is 1.32 bits per heavy atom. The second-order valence-corrected chi connectivity index (χ2v) is 7.67. The Labute approximate surface area is 166 Å². The summed E-state index contributed by atoms with van der Waals surface area (Å²) in [5.74, 6) is 0.433. The van der Waals surface area contributed by atoms with Gasteiger partial charge in [0.05, 0.1) is 18.2 Å². The van der Waals surface area contributed by atoms with E-state index in [2.05, 4.69) is 15.2 Å². The SMILES string of the molecule is Cc1ccc2c(c1)OC[C@H](CC(=O)Nc1nccs1)N2Cc1ccc(F)cc1. The zero-order valence-corrected chi connectivity index (χ0v) is 16.2. The standard InChI is InChI=1S/C21H20FN3O2S/c1-14-2-7-18-19(10-14)27-13-17(11-20(26)24-21-23-8-9-28-21)25(18)12-15-3-5-16(22)6-4-15/h2-10,17H,11-13H2,1H3,(H,23,24,26)/t17-/m0/s1. The number of ether oxygens (including phenoxy) is 1. The lowest BCUT2D eigenvalue weighted by molar-refractivity contribution is -0.116. The number of hydrogen-bond acceptors (Lipinski definition) is 5. The normalized spacial score (nSPS) is 15.6. The van der Waals surface area contributed by atoms with E-state index in [0.29, 0.717) is 18.3 Å². The van der Waals surface area contributed by atoms with Crippen molar-refractivity contribution in [3.05, 3.63) is 71.0 Å². The highest BCUT2D eigenvalue weighted by molar-refractivity contribution is 7.13. The molecule has 4 rings (SSSR count). The highest BCUT2D eigenvalue weighted by Gasteiger charge is 2.29. The molecule has 144 valence electrons. The Morgan fingerprint density at radius 3 is 2.89 bits per heavy atom. The molecule has 0 spiro atoms. The number of benzene rings is 2. The predicted molar refractivity (Wildman–Crippen MR) is 108 cm³/mol. The summed E-state index contributed by atoms with van der Waals surface area (Å²) in [6.07, 6.45) is 1.93. The second kappa shape index (κ2) is 7.98. The van der Waals surface area contributed by atoms with Crippen molar-refractivity contribution in [2.45, 2.75) is 25.9 Å². The third-order valence-electron chi connectivity index (χ3n) is 4.66. The lowest BCUT2D eigenvalue weighted by atomic mass is 10.1. The van der Waals surface area contributed by atoms with E-state index >= 15 is 0 Å². The maximum Gasteiger partial charge on any atom is 0.228 e. The van der Waals surface area contributed by atoms with Crippen LogP contribution in [0.5, 0.6) is 5.75 Å². The molecule has 3 aromatic rings. The lowest BCUT2D eigenvalue weighted by Gasteiger charge is -2.38. The van der Waals surface area contributed by atoms with Gasteiger partial charge >= 0.3 is 0 Å². The number of hydrogen-bond donors (Lipinski definition) is 1. The predicted octanol–water partition coefficient (Wildman–Crippen LogP) is 4.39. The third kappa shape index (κ3) is 4.14. The summed E-state index contributed by atoms with van der Waals surface area (Å²) in [6.45, 7) is 2.99. The Hall–Kier alpha value is -2.93. The van der Waals surface area contributed by atoms with Crippen LogP contribution in [-0.2, 0) is 11.3 Å². The van der Waals surface area contributed by atoms with Crippen LogP contribution < -0.4 is 15.0 Å². The first-order valence-electron chi connectivity index (χ1n) is 9.02. The van der Waals surface area contributed by atoms with Gasteiger partial charge in [0.15, 0.2) is 5.13 Å². The van der Waals surface area contributed by atoms with Gasteiger partial charge in [0.2, 0.25) is 5.91 Å². The number of carbonyl (C=O) groups excluding carboxylic acids is 1. The molecule has 0 saturated heterocycles. The molecule has 1 amide bonds. The van der Waals surface area contributed by atoms with Gasteiger partial charge in [-0.25, -0.2) is 9.37 Å². The third-order valence-corrected chi connectivity index (χ3v) is 5.35. The van der Waals surface area contributed by atoms with E-state index in [1.165, 1.54) is 23.5 Å². The molecule has 2 heterocycles. The first-order chi connectivity index (χ1) is 13.6. The second-order valence-electron chi connectivity index (χ2n) is 6.78. The van der Waals surface area contributed by atoms with Crippen LogP contribution in [0.15, 0.2) is 54.0 Å². The zero-order chi connectivity index (χ0) is 19.5. The zero-order valence-electron chi connectivity index (χ0n) is 15.4. The molecule has 5 nitrogen and oxygen atoms in total. The van der Waals surface area contributed by atoms with E-state index in [1.54, 1.807) is 18.3 Å². The van der Waals surface area contributed by atoms with E-state index in [0.717, 1.165) is 22.6 Å². The number of nitrogens with zero attached hydrogens (tertiary/aromatic N) is 2. The van der Waals surface area contributed by atoms with Gasteiger partial charge in [-0.3, -0.25) is 4.79 Å². The van der Waals surface area contributed by atoms with Gasteiger partial charge in [-0.2, -0.15) is 0 Å².